The van der Waals surface area contributed by atoms with Crippen LogP contribution in [0.3, 0.4) is 0 Å². The molecule has 3 aliphatic rings. The number of fused-ring (bicyclic) bond motifs is 2. The Bertz CT molecular complexity index is 1620. The van der Waals surface area contributed by atoms with E-state index in [1.807, 2.05) is 51.3 Å². The quantitative estimate of drug-likeness (QED) is 0.400. The van der Waals surface area contributed by atoms with E-state index in [0.717, 1.165) is 33.9 Å². The molecule has 2 aromatic rings. The molecule has 0 saturated heterocycles. The number of aromatic carboxylic acids is 2. The fraction of sp³-hybridized carbons (Fsp3) is 0.267. The van der Waals surface area contributed by atoms with E-state index in [1.54, 1.807) is 48.6 Å². The van der Waals surface area contributed by atoms with E-state index in [1.165, 1.54) is 0 Å². The number of aliphatic hydroxyl groups is 1. The van der Waals surface area contributed by atoms with E-state index in [-0.39, 0.29) is 33.8 Å². The van der Waals surface area contributed by atoms with Crippen LogP contribution in [-0.4, -0.2) is 57.4 Å². The number of allylic oxidation sites excluding steroid dienone is 5. The fourth-order valence-corrected chi connectivity index (χ4v) is 5.84. The molecule has 0 radical (unpaired) electrons. The Balaban J connectivity index is 1.53. The third-order valence-electron chi connectivity index (χ3n) is 8.12. The number of anilines is 1. The summed E-state index contributed by atoms with van der Waals surface area (Å²) in [5.41, 5.74) is 4.48. The first-order valence-corrected chi connectivity index (χ1v) is 12.2. The summed E-state index contributed by atoms with van der Waals surface area (Å²) in [6.45, 7) is 7.83. The summed E-state index contributed by atoms with van der Waals surface area (Å²) in [7, 11) is 3.71. The lowest BCUT2D eigenvalue weighted by atomic mass is 9.77. The van der Waals surface area contributed by atoms with Gasteiger partial charge in [-0.05, 0) is 55.8 Å². The van der Waals surface area contributed by atoms with Gasteiger partial charge in [0.1, 0.15) is 12.8 Å². The number of hydrogen-bond donors (Lipinski definition) is 3. The molecular weight excluding hydrogens is 484 g/mol. The van der Waals surface area contributed by atoms with E-state index in [2.05, 4.69) is 0 Å². The van der Waals surface area contributed by atoms with Crippen LogP contribution in [0, 0.1) is 0 Å². The highest BCUT2D eigenvalue weighted by Gasteiger charge is 2.46. The van der Waals surface area contributed by atoms with E-state index in [0.29, 0.717) is 0 Å². The van der Waals surface area contributed by atoms with E-state index in [4.69, 9.17) is 0 Å². The maximum atomic E-state index is 13.3. The van der Waals surface area contributed by atoms with Crippen LogP contribution in [0.1, 0.15) is 59.5 Å². The predicted octanol–water partition coefficient (Wildman–Crippen LogP) is 4.72. The highest BCUT2D eigenvalue weighted by Crippen LogP contribution is 2.49. The zero-order chi connectivity index (χ0) is 27.9. The van der Waals surface area contributed by atoms with Crippen molar-refractivity contribution in [1.82, 2.24) is 0 Å². The summed E-state index contributed by atoms with van der Waals surface area (Å²) in [6, 6.07) is 9.92. The number of carboxylic acids is 2. The SMILES string of the molecule is CN1C(=CC2=C(O)C(=CC3=[N+](C)c4ccc(C(=O)O)cc4C3(C)C)C2=O)C(C)(C)c2cc(C(=O)O)ccc21. The summed E-state index contributed by atoms with van der Waals surface area (Å²) in [5.74, 6) is -2.41. The van der Waals surface area contributed by atoms with Gasteiger partial charge < -0.3 is 20.2 Å². The molecule has 0 fully saturated rings. The van der Waals surface area contributed by atoms with Crippen molar-refractivity contribution in [2.24, 2.45) is 0 Å². The number of likely N-dealkylation sites (N-methyl/N-ethyl adjacent to an activating group) is 1. The molecule has 2 aromatic carbocycles. The molecule has 3 N–H and O–H groups in total. The minimum atomic E-state index is -1.01. The van der Waals surface area contributed by atoms with Gasteiger partial charge in [0.15, 0.2) is 5.71 Å². The summed E-state index contributed by atoms with van der Waals surface area (Å²) < 4.78 is 1.91. The van der Waals surface area contributed by atoms with E-state index >= 15 is 0 Å². The number of nitrogens with zero attached hydrogens (tertiary/aromatic N) is 2. The van der Waals surface area contributed by atoms with Crippen LogP contribution in [-0.2, 0) is 15.6 Å². The molecule has 194 valence electrons. The average Bonchev–Trinajstić information content (AvgIpc) is 3.17. The first kappa shape index (κ1) is 25.2. The first-order chi connectivity index (χ1) is 17.7. The molecule has 0 aromatic heterocycles. The van der Waals surface area contributed by atoms with E-state index in [9.17, 15) is 29.7 Å². The molecule has 5 rings (SSSR count). The molecule has 0 atom stereocenters. The van der Waals surface area contributed by atoms with Gasteiger partial charge in [0.05, 0.1) is 27.7 Å². The van der Waals surface area contributed by atoms with Crippen LogP contribution < -0.4 is 4.90 Å². The Morgan fingerprint density at radius 2 is 1.47 bits per heavy atom. The standard InChI is InChI=1S/C30H28N2O6/c1-29(2)19-11-15(27(35)36)7-9-21(19)31(5)23(29)13-17-25(33)18(26(17)34)14-24-30(3,4)20-12-16(28(37)38)8-10-22(20)32(24)6/h7-14H,1-6H3,(H2-,33,34,35,36,37,38)/p+1. The van der Waals surface area contributed by atoms with E-state index < -0.39 is 22.8 Å². The lowest BCUT2D eigenvalue weighted by Crippen LogP contribution is -2.31. The average molecular weight is 514 g/mol. The Morgan fingerprint density at radius 3 is 2.05 bits per heavy atom. The van der Waals surface area contributed by atoms with Crippen molar-refractivity contribution in [2.75, 3.05) is 19.0 Å². The van der Waals surface area contributed by atoms with Crippen LogP contribution in [0.5, 0.6) is 0 Å². The van der Waals surface area contributed by atoms with Gasteiger partial charge in [-0.3, -0.25) is 4.79 Å². The molecular formula is C30H29N2O6+. The summed E-state index contributed by atoms with van der Waals surface area (Å²) >= 11 is 0. The normalized spacial score (nSPS) is 21.2. The third kappa shape index (κ3) is 3.36. The van der Waals surface area contributed by atoms with Gasteiger partial charge in [-0.2, -0.15) is 4.58 Å². The molecule has 2 heterocycles. The molecule has 8 nitrogen and oxygen atoms in total. The van der Waals surface area contributed by atoms with Crippen molar-refractivity contribution < 1.29 is 34.3 Å². The number of carbonyl (C=O) groups is 3. The highest BCUT2D eigenvalue weighted by atomic mass is 16.4. The number of aliphatic hydroxyl groups excluding tert-OH is 1. The van der Waals surface area contributed by atoms with Crippen LogP contribution in [0.4, 0.5) is 11.4 Å². The second-order valence-electron chi connectivity index (χ2n) is 11.0. The lowest BCUT2D eigenvalue weighted by Gasteiger charge is -2.27. The number of rotatable bonds is 4. The second kappa shape index (κ2) is 8.02. The summed E-state index contributed by atoms with van der Waals surface area (Å²) in [4.78, 5) is 38.2. The molecule has 0 unspecified atom stereocenters. The van der Waals surface area contributed by atoms with Gasteiger partial charge in [-0.25, -0.2) is 9.59 Å². The lowest BCUT2D eigenvalue weighted by molar-refractivity contribution is -0.401. The predicted molar refractivity (Wildman–Crippen MR) is 143 cm³/mol. The first-order valence-electron chi connectivity index (χ1n) is 12.2. The number of Topliss-reactive ketones (excluding diaryl/α,β-unsaturated/α-hetero) is 1. The van der Waals surface area contributed by atoms with Gasteiger partial charge in [0, 0.05) is 41.6 Å². The molecule has 2 aliphatic heterocycles. The van der Waals surface area contributed by atoms with Crippen molar-refractivity contribution in [1.29, 1.82) is 0 Å². The molecule has 0 amide bonds. The number of hydrogen-bond acceptors (Lipinski definition) is 5. The monoisotopic (exact) mass is 513 g/mol. The van der Waals surface area contributed by atoms with Gasteiger partial charge >= 0.3 is 11.9 Å². The van der Waals surface area contributed by atoms with Crippen LogP contribution in [0.25, 0.3) is 0 Å². The number of carboxylic acid groups (broad SMARTS) is 2. The number of benzene rings is 2. The van der Waals surface area contributed by atoms with Gasteiger partial charge in [-0.15, -0.1) is 0 Å². The summed E-state index contributed by atoms with van der Waals surface area (Å²) in [6.07, 6.45) is 3.36. The Labute approximate surface area is 220 Å². The van der Waals surface area contributed by atoms with Crippen LogP contribution >= 0.6 is 0 Å². The minimum Gasteiger partial charge on any atom is -0.506 e. The van der Waals surface area contributed by atoms with Crippen LogP contribution in [0.15, 0.2) is 71.2 Å². The minimum absolute atomic E-state index is 0.104. The molecule has 38 heavy (non-hydrogen) atoms. The van der Waals surface area contributed by atoms with Crippen molar-refractivity contribution in [3.05, 3.63) is 93.4 Å². The van der Waals surface area contributed by atoms with Crippen LogP contribution in [0.2, 0.25) is 0 Å². The molecule has 0 saturated carbocycles. The largest absolute Gasteiger partial charge is 0.506 e. The van der Waals surface area contributed by atoms with Gasteiger partial charge in [-0.1, -0.05) is 13.8 Å². The highest BCUT2D eigenvalue weighted by molar-refractivity contribution is 6.24. The smallest absolute Gasteiger partial charge is 0.335 e. The molecule has 0 spiro atoms. The van der Waals surface area contributed by atoms with Gasteiger partial charge in [0.25, 0.3) is 0 Å². The Kier molecular flexibility index (Phi) is 5.32. The topological polar surface area (TPSA) is 118 Å². The van der Waals surface area contributed by atoms with Gasteiger partial charge in [0.2, 0.25) is 11.5 Å². The molecule has 8 heteroatoms. The second-order valence-corrected chi connectivity index (χ2v) is 11.0. The number of carbonyl (C=O) groups excluding carboxylic acids is 1. The Morgan fingerprint density at radius 1 is 0.895 bits per heavy atom. The van der Waals surface area contributed by atoms with Crippen molar-refractivity contribution >= 4 is 34.8 Å². The van der Waals surface area contributed by atoms with Crippen molar-refractivity contribution in [3.8, 4) is 0 Å². The zero-order valence-corrected chi connectivity index (χ0v) is 22.1. The fourth-order valence-electron chi connectivity index (χ4n) is 5.84. The maximum Gasteiger partial charge on any atom is 0.335 e. The van der Waals surface area contributed by atoms with Crippen molar-refractivity contribution in [3.63, 3.8) is 0 Å². The third-order valence-corrected chi connectivity index (χ3v) is 8.12. The summed E-state index contributed by atoms with van der Waals surface area (Å²) in [5, 5.41) is 29.8. The molecule has 0 bridgehead atoms. The molecule has 1 aliphatic carbocycles. The van der Waals surface area contributed by atoms with Crippen molar-refractivity contribution in [2.45, 2.75) is 38.5 Å². The Hall–Kier alpha value is -4.46. The number of ketones is 1. The maximum absolute atomic E-state index is 13.3. The zero-order valence-electron chi connectivity index (χ0n) is 22.1.